The monoisotopic (exact) mass is 2230 g/mol. The van der Waals surface area contributed by atoms with Crippen LogP contribution in [-0.2, 0) is 64.6 Å². The number of aromatic nitrogens is 7. The number of methoxy groups -OCH3 is 1. The molecular weight excluding hydrogens is 2100 g/mol. The number of carbonyl (C=O) groups excluding carboxylic acids is 8. The highest BCUT2D eigenvalue weighted by molar-refractivity contribution is 7.08. The Morgan fingerprint density at radius 3 is 0.960 bits per heavy atom. The Bertz CT molecular complexity index is 5560. The Hall–Kier alpha value is -10.1. The number of halogens is 6. The van der Waals surface area contributed by atoms with Gasteiger partial charge in [0, 0.05) is 203 Å². The second kappa shape index (κ2) is 60.6. The summed E-state index contributed by atoms with van der Waals surface area (Å²) in [6.45, 7) is 32.8. The molecule has 0 bridgehead atoms. The molecule has 0 radical (unpaired) electrons. The van der Waals surface area contributed by atoms with E-state index in [0.29, 0.717) is 164 Å². The largest absolute Gasteiger partial charge is 0.383 e. The van der Waals surface area contributed by atoms with Crippen LogP contribution in [0, 0.1) is 41.5 Å². The molecule has 9 amide bonds. The summed E-state index contributed by atoms with van der Waals surface area (Å²) in [6.07, 6.45) is 18.7. The summed E-state index contributed by atoms with van der Waals surface area (Å²) in [4.78, 5) is 151. The van der Waals surface area contributed by atoms with Crippen LogP contribution in [0.1, 0.15) is 219 Å². The van der Waals surface area contributed by atoms with Crippen LogP contribution in [0.4, 0.5) is 4.79 Å². The molecule has 29 nitrogen and oxygen atoms in total. The first kappa shape index (κ1) is 119. The number of rotatable bonds is 41. The maximum absolute atomic E-state index is 13.4. The Morgan fingerprint density at radius 1 is 0.367 bits per heavy atom. The highest BCUT2D eigenvalue weighted by Crippen LogP contribution is 2.32. The van der Waals surface area contributed by atoms with Gasteiger partial charge in [-0.25, -0.2) is 24.7 Å². The molecule has 150 heavy (non-hydrogen) atoms. The predicted molar refractivity (Wildman–Crippen MR) is 603 cm³/mol. The van der Waals surface area contributed by atoms with Gasteiger partial charge < -0.3 is 70.5 Å². The SMILES string of the molecule is COCCNC(=O)N(Cc1ccsc1)C1CCN([C@H](C)CCNC(=O)c2c(C)cc(Cl)nc2C)CC1.Cc1cc(Cl)nc(C)c1C(=O)NCC[C@@H](C)N1CCC(N(Cc2ccsc2)C(=O)Cc2ccccn2)CC1.Cc1cc(Cl)nc(Cl)c1C(=O)NCC[C@@H](C)N1CCC(N(Cc2ccsc2)C(=O)Cc2ccccn2)CC1.Cc1cc(Cl)nc(Cl)c1C(=O)NCC[C@@H](C)N1CCC(N(Cc2ccsc2)C(=O)Cc2cccnc2)CC1. The molecule has 11 aromatic rings. The zero-order valence-electron chi connectivity index (χ0n) is 87.4. The highest BCUT2D eigenvalue weighted by Gasteiger charge is 2.37. The van der Waals surface area contributed by atoms with Gasteiger partial charge in [0.2, 0.25) is 17.7 Å². The first-order valence-electron chi connectivity index (χ1n) is 51.4. The van der Waals surface area contributed by atoms with Gasteiger partial charge in [-0.15, -0.1) is 0 Å². The van der Waals surface area contributed by atoms with Gasteiger partial charge in [0.15, 0.2) is 0 Å². The van der Waals surface area contributed by atoms with Crippen LogP contribution in [-0.4, -0.2) is 269 Å². The van der Waals surface area contributed by atoms with Gasteiger partial charge in [0.25, 0.3) is 23.6 Å². The number of amides is 9. The fraction of sp³-hybridized carbons (Fsp3) is 0.468. The van der Waals surface area contributed by atoms with Crippen molar-refractivity contribution in [1.29, 1.82) is 0 Å². The summed E-state index contributed by atoms with van der Waals surface area (Å²) in [7, 11) is 1.63. The first-order valence-corrected chi connectivity index (χ1v) is 57.4. The quantitative estimate of drug-likeness (QED) is 0.0176. The molecule has 4 fully saturated rings. The number of carbonyl (C=O) groups is 8. The first-order chi connectivity index (χ1) is 72.2. The van der Waals surface area contributed by atoms with E-state index >= 15 is 0 Å². The smallest absolute Gasteiger partial charge is 0.318 e. The topological polar surface area (TPSA) is 322 Å². The molecule has 4 aliphatic rings. The number of pyridine rings is 7. The Morgan fingerprint density at radius 2 is 0.673 bits per heavy atom. The summed E-state index contributed by atoms with van der Waals surface area (Å²) in [6, 6.07) is 32.3. The number of piperidine rings is 4. The van der Waals surface area contributed by atoms with Crippen molar-refractivity contribution in [1.82, 2.24) is 101 Å². The lowest BCUT2D eigenvalue weighted by molar-refractivity contribution is -0.135. The Labute approximate surface area is 928 Å². The highest BCUT2D eigenvalue weighted by atomic mass is 35.5. The number of urea groups is 1. The van der Waals surface area contributed by atoms with Crippen molar-refractivity contribution < 1.29 is 43.1 Å². The van der Waals surface area contributed by atoms with Crippen LogP contribution in [0.5, 0.6) is 0 Å². The fourth-order valence-electron chi connectivity index (χ4n) is 19.8. The van der Waals surface area contributed by atoms with Crippen LogP contribution in [0.25, 0.3) is 0 Å². The van der Waals surface area contributed by atoms with Crippen LogP contribution >= 0.6 is 115 Å². The molecule has 11 aromatic heterocycles. The fourth-order valence-corrected chi connectivity index (χ4v) is 24.3. The van der Waals surface area contributed by atoms with E-state index < -0.39 is 0 Å². The maximum atomic E-state index is 13.4. The van der Waals surface area contributed by atoms with Crippen molar-refractivity contribution in [2.24, 2.45) is 0 Å². The van der Waals surface area contributed by atoms with Gasteiger partial charge in [-0.1, -0.05) is 87.8 Å². The minimum Gasteiger partial charge on any atom is -0.383 e. The van der Waals surface area contributed by atoms with E-state index in [0.717, 1.165) is 163 Å². The van der Waals surface area contributed by atoms with Gasteiger partial charge in [-0.2, -0.15) is 45.3 Å². The number of ether oxygens (including phenoxy) is 1. The lowest BCUT2D eigenvalue weighted by Gasteiger charge is -2.41. The lowest BCUT2D eigenvalue weighted by Crippen LogP contribution is -2.52. The normalized spacial score (nSPS) is 15.3. The summed E-state index contributed by atoms with van der Waals surface area (Å²) in [5, 5.41) is 33.3. The van der Waals surface area contributed by atoms with Crippen molar-refractivity contribution in [2.45, 2.75) is 240 Å². The molecule has 0 saturated carbocycles. The molecule has 804 valence electrons. The third-order valence-corrected chi connectivity index (χ3v) is 32.5. The van der Waals surface area contributed by atoms with E-state index in [1.54, 1.807) is 122 Å². The van der Waals surface area contributed by atoms with Gasteiger partial charge in [0.1, 0.15) is 30.9 Å². The number of nitrogens with zero attached hydrogens (tertiary/aromatic N) is 15. The number of aryl methyl sites for hydroxylation is 6. The zero-order chi connectivity index (χ0) is 107. The molecule has 4 atom stereocenters. The maximum Gasteiger partial charge on any atom is 0.318 e. The van der Waals surface area contributed by atoms with Crippen LogP contribution in [0.15, 0.2) is 165 Å². The minimum atomic E-state index is -0.238. The molecule has 0 spiro atoms. The molecule has 0 unspecified atom stereocenters. The number of hydrogen-bond donors (Lipinski definition) is 5. The second-order valence-corrected chi connectivity index (χ2v) is 44.3. The van der Waals surface area contributed by atoms with Crippen LogP contribution < -0.4 is 26.6 Å². The van der Waals surface area contributed by atoms with Gasteiger partial charge in [-0.3, -0.25) is 48.5 Å². The molecule has 15 rings (SSSR count). The second-order valence-electron chi connectivity index (χ2n) is 38.9. The number of hydrogen-bond acceptors (Lipinski definition) is 24. The van der Waals surface area contributed by atoms with E-state index in [1.165, 1.54) is 16.7 Å². The Kier molecular flexibility index (Phi) is 47.9. The summed E-state index contributed by atoms with van der Waals surface area (Å²) >= 11 is 42.8. The molecule has 0 aliphatic carbocycles. The number of nitrogens with one attached hydrogen (secondary N) is 5. The molecule has 4 saturated heterocycles. The molecule has 4 aliphatic heterocycles. The number of likely N-dealkylation sites (tertiary alicyclic amines) is 4. The van der Waals surface area contributed by atoms with E-state index in [4.69, 9.17) is 74.3 Å². The third-order valence-electron chi connectivity index (χ3n) is 28.3. The molecular formula is C111H140Cl6N20O9S4. The van der Waals surface area contributed by atoms with Gasteiger partial charge in [-0.05, 0) is 318 Å². The minimum absolute atomic E-state index is 0.0327. The van der Waals surface area contributed by atoms with Crippen molar-refractivity contribution >= 4 is 162 Å². The lowest BCUT2D eigenvalue weighted by atomic mass is 9.99. The summed E-state index contributed by atoms with van der Waals surface area (Å²) in [5.41, 5.74) is 13.5. The third kappa shape index (κ3) is 36.3. The van der Waals surface area contributed by atoms with Gasteiger partial charge >= 0.3 is 6.03 Å². The summed E-state index contributed by atoms with van der Waals surface area (Å²) in [5.74, 6) is -0.295. The molecule has 39 heteroatoms. The predicted octanol–water partition coefficient (Wildman–Crippen LogP) is 20.1. The van der Waals surface area contributed by atoms with Gasteiger partial charge in [0.05, 0.1) is 59.5 Å². The molecule has 5 N–H and O–H groups in total. The molecule has 15 heterocycles. The average Bonchev–Trinajstić information content (AvgIpc) is 1.26. The Balaban J connectivity index is 0.000000177. The average molecular weight is 2240 g/mol. The van der Waals surface area contributed by atoms with E-state index in [1.807, 2.05) is 84.5 Å². The van der Waals surface area contributed by atoms with Crippen molar-refractivity contribution in [3.05, 3.63) is 291 Å². The van der Waals surface area contributed by atoms with E-state index in [-0.39, 0.29) is 92.2 Å². The van der Waals surface area contributed by atoms with Crippen molar-refractivity contribution in [2.75, 3.05) is 98.8 Å². The zero-order valence-corrected chi connectivity index (χ0v) is 95.2. The van der Waals surface area contributed by atoms with Crippen molar-refractivity contribution in [3.8, 4) is 0 Å². The van der Waals surface area contributed by atoms with Crippen LogP contribution in [0.3, 0.4) is 0 Å². The van der Waals surface area contributed by atoms with Crippen LogP contribution in [0.2, 0.25) is 30.9 Å². The standard InChI is InChI=1S/C29H36ClN5O2S.2C28H33Cl2N5O2S.C26H38ClN5O3S/c1-20-16-26(30)33-22(3)28(20)29(37)32-12-7-21(2)34-13-8-25(9-14-34)35(18-23-10-15-38-19-23)27(36)17-24-6-4-5-11-31-24;1-19-14-24(29)33-27(30)26(19)28(37)32-10-5-20(2)34-11-6-23(7-12-34)35(17-22-8-13-38-18-22)25(36)15-21-4-3-9-31-16-21;1-19-15-24(29)33-27(30)26(19)28(37)32-11-6-20(2)34-12-7-23(8-13-34)35(17-21-9-14-38-18-21)25(36)16-22-5-3-4-10-31-22;1-18-15-23(27)30-20(3)24(18)25(33)28-9-5-19(2)31-11-6-22(7-12-31)32(16-21-8-14-36-17-21)26(34)29-10-13-35-4/h4-6,10-11,15-16,19,21,25H,7-9,12-14,17-18H2,1-3H3,(H,32,37);3-4,8-9,13-14,16,18,20,23H,5-7,10-12,15,17H2,1-2H3,(H,32,37);3-5,9-10,14-15,18,20,23H,6-8,11-13,16-17H2,1-2H3,(H,32,37);8,14-15,17,19,22H,5-7,9-13,16H2,1-4H3,(H,28,33)(H,29,34)/t21-;2*20-;19-/m1111/s1. The number of thiophene rings is 4. The summed E-state index contributed by atoms with van der Waals surface area (Å²) < 4.78 is 5.08. The molecule has 0 aromatic carbocycles. The van der Waals surface area contributed by atoms with E-state index in [9.17, 15) is 38.4 Å². The van der Waals surface area contributed by atoms with Crippen molar-refractivity contribution in [3.63, 3.8) is 0 Å². The van der Waals surface area contributed by atoms with E-state index in [2.05, 4.69) is 180 Å².